The van der Waals surface area contributed by atoms with Gasteiger partial charge in [-0.3, -0.25) is 9.78 Å². The van der Waals surface area contributed by atoms with E-state index in [2.05, 4.69) is 25.7 Å². The third-order valence-corrected chi connectivity index (χ3v) is 3.99. The van der Waals surface area contributed by atoms with E-state index >= 15 is 0 Å². The molecule has 28 heavy (non-hydrogen) atoms. The summed E-state index contributed by atoms with van der Waals surface area (Å²) in [4.78, 5) is 14.0. The highest BCUT2D eigenvalue weighted by molar-refractivity contribution is 6.30. The van der Waals surface area contributed by atoms with Gasteiger partial charge in [-0.1, -0.05) is 23.7 Å². The summed E-state index contributed by atoms with van der Waals surface area (Å²) in [6, 6.07) is 12.8. The molecule has 3 rings (SSSR count). The summed E-state index contributed by atoms with van der Waals surface area (Å²) >= 11 is 5.89. The first kappa shape index (κ1) is 19.4. The highest BCUT2D eigenvalue weighted by atomic mass is 35.5. The van der Waals surface area contributed by atoms with Crippen molar-refractivity contribution in [1.82, 2.24) is 15.2 Å². The summed E-state index contributed by atoms with van der Waals surface area (Å²) in [6.07, 6.45) is 1.56. The van der Waals surface area contributed by atoms with Crippen molar-refractivity contribution in [2.24, 2.45) is 5.10 Å². The van der Waals surface area contributed by atoms with Crippen LogP contribution in [0.4, 0.5) is 5.95 Å². The molecule has 2 N–H and O–H groups in total. The van der Waals surface area contributed by atoms with E-state index < -0.39 is 0 Å². The normalized spacial score (nSPS) is 10.8. The van der Waals surface area contributed by atoms with Gasteiger partial charge in [-0.05, 0) is 48.4 Å². The van der Waals surface area contributed by atoms with Gasteiger partial charge in [0.1, 0.15) is 12.3 Å². The lowest BCUT2D eigenvalue weighted by Crippen LogP contribution is -2.15. The minimum atomic E-state index is -0.323. The summed E-state index contributed by atoms with van der Waals surface area (Å²) in [6.45, 7) is 1.96. The lowest BCUT2D eigenvalue weighted by molar-refractivity contribution is 0.284. The molecule has 0 aliphatic heterocycles. The Hall–Kier alpha value is -3.39. The average molecular weight is 400 g/mol. The number of halogens is 1. The SMILES string of the molecule is COc1cc(/C=N\Nc2nnc(C)c(=O)[nH]2)ccc1OCc1ccc(Cl)cc1. The number of H-pyrrole nitrogens is 1. The fourth-order valence-corrected chi connectivity index (χ4v) is 2.36. The van der Waals surface area contributed by atoms with Gasteiger partial charge in [0, 0.05) is 5.02 Å². The van der Waals surface area contributed by atoms with Crippen molar-refractivity contribution in [3.05, 3.63) is 74.7 Å². The van der Waals surface area contributed by atoms with Crippen LogP contribution in [0.25, 0.3) is 0 Å². The number of benzene rings is 2. The van der Waals surface area contributed by atoms with Crippen LogP contribution in [0.3, 0.4) is 0 Å². The molecule has 0 aliphatic carbocycles. The summed E-state index contributed by atoms with van der Waals surface area (Å²) in [5, 5.41) is 12.2. The molecule has 8 nitrogen and oxygen atoms in total. The van der Waals surface area contributed by atoms with Crippen molar-refractivity contribution in [1.29, 1.82) is 0 Å². The summed E-state index contributed by atoms with van der Waals surface area (Å²) in [5.41, 5.74) is 4.35. The molecule has 0 aliphatic rings. The maximum absolute atomic E-state index is 11.5. The van der Waals surface area contributed by atoms with E-state index in [1.54, 1.807) is 32.4 Å². The van der Waals surface area contributed by atoms with E-state index in [-0.39, 0.29) is 17.2 Å². The zero-order chi connectivity index (χ0) is 19.9. The van der Waals surface area contributed by atoms with Crippen molar-refractivity contribution in [2.75, 3.05) is 12.5 Å². The van der Waals surface area contributed by atoms with Crippen molar-refractivity contribution < 1.29 is 9.47 Å². The minimum absolute atomic E-state index is 0.154. The second kappa shape index (κ2) is 9.01. The number of aryl methyl sites for hydroxylation is 1. The first-order chi connectivity index (χ1) is 13.5. The number of ether oxygens (including phenoxy) is 2. The molecule has 1 heterocycles. The fraction of sp³-hybridized carbons (Fsp3) is 0.158. The molecule has 0 amide bonds. The maximum atomic E-state index is 11.5. The van der Waals surface area contributed by atoms with E-state index in [9.17, 15) is 4.79 Å². The average Bonchev–Trinajstić information content (AvgIpc) is 2.70. The van der Waals surface area contributed by atoms with Gasteiger partial charge >= 0.3 is 0 Å². The molecular weight excluding hydrogens is 382 g/mol. The molecule has 3 aromatic rings. The van der Waals surface area contributed by atoms with Gasteiger partial charge < -0.3 is 9.47 Å². The van der Waals surface area contributed by atoms with Gasteiger partial charge in [0.25, 0.3) is 5.56 Å². The Bertz CT molecular complexity index is 1030. The zero-order valence-electron chi connectivity index (χ0n) is 15.3. The predicted octanol–water partition coefficient (Wildman–Crippen LogP) is 3.16. The van der Waals surface area contributed by atoms with E-state index in [4.69, 9.17) is 21.1 Å². The minimum Gasteiger partial charge on any atom is -0.493 e. The number of aromatic nitrogens is 3. The quantitative estimate of drug-likeness (QED) is 0.467. The smallest absolute Gasteiger partial charge is 0.274 e. The van der Waals surface area contributed by atoms with Crippen LogP contribution in [0.15, 0.2) is 52.4 Å². The van der Waals surface area contributed by atoms with Gasteiger partial charge in [0.15, 0.2) is 11.5 Å². The standard InChI is InChI=1S/C19H18ClN5O3/c1-12-18(26)22-19(25-23-12)24-21-10-14-5-8-16(17(9-14)27-2)28-11-13-3-6-15(20)7-4-13/h3-10H,11H2,1-2H3,(H2,22,24,25,26)/b21-10-. The fourth-order valence-electron chi connectivity index (χ4n) is 2.24. The van der Waals surface area contributed by atoms with E-state index in [1.807, 2.05) is 30.3 Å². The predicted molar refractivity (Wildman–Crippen MR) is 107 cm³/mol. The van der Waals surface area contributed by atoms with Gasteiger partial charge in [-0.2, -0.15) is 5.10 Å². The Labute approximate surface area is 166 Å². The first-order valence-corrected chi connectivity index (χ1v) is 8.71. The molecule has 144 valence electrons. The molecule has 0 bridgehead atoms. The summed E-state index contributed by atoms with van der Waals surface area (Å²) < 4.78 is 11.2. The zero-order valence-corrected chi connectivity index (χ0v) is 16.0. The molecule has 0 spiro atoms. The van der Waals surface area contributed by atoms with Crippen LogP contribution in [-0.2, 0) is 6.61 Å². The molecule has 0 atom stereocenters. The van der Waals surface area contributed by atoms with Crippen LogP contribution < -0.4 is 20.5 Å². The van der Waals surface area contributed by atoms with Gasteiger partial charge in [0.05, 0.1) is 13.3 Å². The van der Waals surface area contributed by atoms with Crippen LogP contribution in [-0.4, -0.2) is 28.5 Å². The second-order valence-corrected chi connectivity index (χ2v) is 6.22. The molecule has 0 fully saturated rings. The topological polar surface area (TPSA) is 101 Å². The lowest BCUT2D eigenvalue weighted by atomic mass is 10.2. The Balaban J connectivity index is 1.65. The van der Waals surface area contributed by atoms with Crippen LogP contribution in [0, 0.1) is 6.92 Å². The van der Waals surface area contributed by atoms with Crippen LogP contribution in [0.2, 0.25) is 5.02 Å². The highest BCUT2D eigenvalue weighted by Crippen LogP contribution is 2.28. The second-order valence-electron chi connectivity index (χ2n) is 5.78. The monoisotopic (exact) mass is 399 g/mol. The van der Waals surface area contributed by atoms with E-state index in [1.165, 1.54) is 0 Å². The van der Waals surface area contributed by atoms with Crippen molar-refractivity contribution >= 4 is 23.8 Å². The maximum Gasteiger partial charge on any atom is 0.274 e. The number of anilines is 1. The van der Waals surface area contributed by atoms with E-state index in [0.717, 1.165) is 11.1 Å². The van der Waals surface area contributed by atoms with Gasteiger partial charge in [-0.25, -0.2) is 5.43 Å². The molecule has 1 aromatic heterocycles. The Morgan fingerprint density at radius 2 is 1.96 bits per heavy atom. The van der Waals surface area contributed by atoms with Crippen molar-refractivity contribution in [3.63, 3.8) is 0 Å². The lowest BCUT2D eigenvalue weighted by Gasteiger charge is -2.11. The first-order valence-electron chi connectivity index (χ1n) is 8.33. The number of hydrazone groups is 1. The number of methoxy groups -OCH3 is 1. The molecule has 0 saturated heterocycles. The Morgan fingerprint density at radius 1 is 1.18 bits per heavy atom. The number of rotatable bonds is 7. The van der Waals surface area contributed by atoms with Crippen LogP contribution >= 0.6 is 11.6 Å². The Kier molecular flexibility index (Phi) is 6.23. The Morgan fingerprint density at radius 3 is 2.68 bits per heavy atom. The molecule has 0 saturated carbocycles. The van der Waals surface area contributed by atoms with E-state index in [0.29, 0.717) is 23.1 Å². The summed E-state index contributed by atoms with van der Waals surface area (Å²) in [5.74, 6) is 1.33. The number of nitrogens with zero attached hydrogens (tertiary/aromatic N) is 3. The number of hydrogen-bond donors (Lipinski definition) is 2. The van der Waals surface area contributed by atoms with Crippen molar-refractivity contribution in [2.45, 2.75) is 13.5 Å². The number of aromatic amines is 1. The third kappa shape index (κ3) is 5.08. The van der Waals surface area contributed by atoms with Gasteiger partial charge in [0.2, 0.25) is 5.95 Å². The highest BCUT2D eigenvalue weighted by Gasteiger charge is 2.06. The number of hydrogen-bond acceptors (Lipinski definition) is 7. The van der Waals surface area contributed by atoms with Gasteiger partial charge in [-0.15, -0.1) is 10.2 Å². The molecule has 0 unspecified atom stereocenters. The molecule has 2 aromatic carbocycles. The largest absolute Gasteiger partial charge is 0.493 e. The third-order valence-electron chi connectivity index (χ3n) is 3.74. The number of nitrogens with one attached hydrogen (secondary N) is 2. The van der Waals surface area contributed by atoms with Crippen molar-refractivity contribution in [3.8, 4) is 11.5 Å². The summed E-state index contributed by atoms with van der Waals surface area (Å²) in [7, 11) is 1.57. The molecule has 0 radical (unpaired) electrons. The molecule has 9 heteroatoms. The van der Waals surface area contributed by atoms with Crippen LogP contribution in [0.5, 0.6) is 11.5 Å². The molecular formula is C19H18ClN5O3. The van der Waals surface area contributed by atoms with Crippen LogP contribution in [0.1, 0.15) is 16.8 Å².